The van der Waals surface area contributed by atoms with E-state index in [-0.39, 0.29) is 12.1 Å². The lowest BCUT2D eigenvalue weighted by Gasteiger charge is -2.10. The third-order valence-corrected chi connectivity index (χ3v) is 3.73. The number of carbonyl (C=O) groups is 1. The lowest BCUT2D eigenvalue weighted by Crippen LogP contribution is -2.24. The highest BCUT2D eigenvalue weighted by Gasteiger charge is 2.13. The Morgan fingerprint density at radius 1 is 1.12 bits per heavy atom. The van der Waals surface area contributed by atoms with Crippen LogP contribution in [0.2, 0.25) is 0 Å². The Labute approximate surface area is 141 Å². The van der Waals surface area contributed by atoms with E-state index < -0.39 is 23.4 Å². The van der Waals surface area contributed by atoms with Gasteiger partial charge in [0.05, 0.1) is 11.3 Å². The summed E-state index contributed by atoms with van der Waals surface area (Å²) in [5.41, 5.74) is 0.581. The molecule has 0 saturated carbocycles. The smallest absolute Gasteiger partial charge is 0.254 e. The molecule has 1 aromatic heterocycles. The van der Waals surface area contributed by atoms with Crippen LogP contribution in [0, 0.1) is 24.4 Å². The summed E-state index contributed by atoms with van der Waals surface area (Å²) < 4.78 is 42.3. The SMILES string of the molecule is Cc1nccn1-c1ccc(CNC(=O)c2ccc(F)cc2F)cc1F. The average molecular weight is 345 g/mol. The zero-order valence-electron chi connectivity index (χ0n) is 13.3. The Kier molecular flexibility index (Phi) is 4.56. The summed E-state index contributed by atoms with van der Waals surface area (Å²) in [5, 5.41) is 2.48. The van der Waals surface area contributed by atoms with Gasteiger partial charge in [0.25, 0.3) is 5.91 Å². The van der Waals surface area contributed by atoms with E-state index >= 15 is 0 Å². The van der Waals surface area contributed by atoms with Gasteiger partial charge in [0.2, 0.25) is 0 Å². The molecule has 25 heavy (non-hydrogen) atoms. The van der Waals surface area contributed by atoms with Crippen molar-refractivity contribution >= 4 is 5.91 Å². The van der Waals surface area contributed by atoms with Crippen molar-refractivity contribution < 1.29 is 18.0 Å². The van der Waals surface area contributed by atoms with Gasteiger partial charge in [-0.05, 0) is 36.8 Å². The minimum absolute atomic E-state index is 0.00968. The number of hydrogen-bond donors (Lipinski definition) is 1. The maximum Gasteiger partial charge on any atom is 0.254 e. The Hall–Kier alpha value is -3.09. The number of nitrogens with one attached hydrogen (secondary N) is 1. The maximum atomic E-state index is 14.3. The molecule has 1 N–H and O–H groups in total. The number of aryl methyl sites for hydroxylation is 1. The molecule has 0 aliphatic heterocycles. The van der Waals surface area contributed by atoms with E-state index in [1.165, 1.54) is 6.07 Å². The van der Waals surface area contributed by atoms with E-state index in [4.69, 9.17) is 0 Å². The van der Waals surface area contributed by atoms with Gasteiger partial charge in [0.1, 0.15) is 23.3 Å². The number of aromatic nitrogens is 2. The van der Waals surface area contributed by atoms with Crippen LogP contribution in [-0.4, -0.2) is 15.5 Å². The van der Waals surface area contributed by atoms with Gasteiger partial charge in [-0.2, -0.15) is 0 Å². The number of imidazole rings is 1. The molecule has 0 spiro atoms. The van der Waals surface area contributed by atoms with Crippen molar-refractivity contribution in [1.82, 2.24) is 14.9 Å². The molecule has 0 fully saturated rings. The van der Waals surface area contributed by atoms with E-state index in [0.29, 0.717) is 23.1 Å². The minimum atomic E-state index is -0.949. The Morgan fingerprint density at radius 3 is 2.56 bits per heavy atom. The first-order chi connectivity index (χ1) is 12.0. The van der Waals surface area contributed by atoms with Gasteiger partial charge < -0.3 is 9.88 Å². The monoisotopic (exact) mass is 345 g/mol. The fraction of sp³-hybridized carbons (Fsp3) is 0.111. The molecule has 2 aromatic carbocycles. The topological polar surface area (TPSA) is 46.9 Å². The summed E-state index contributed by atoms with van der Waals surface area (Å²) in [5.74, 6) is -2.24. The summed E-state index contributed by atoms with van der Waals surface area (Å²) in [6, 6.07) is 7.21. The Morgan fingerprint density at radius 2 is 1.92 bits per heavy atom. The quantitative estimate of drug-likeness (QED) is 0.786. The number of amides is 1. The van der Waals surface area contributed by atoms with Crippen molar-refractivity contribution in [3.8, 4) is 5.69 Å². The molecule has 3 rings (SSSR count). The normalized spacial score (nSPS) is 10.7. The first-order valence-electron chi connectivity index (χ1n) is 7.47. The molecular weight excluding hydrogens is 331 g/mol. The highest BCUT2D eigenvalue weighted by molar-refractivity contribution is 5.94. The molecule has 0 aliphatic rings. The molecule has 0 bridgehead atoms. The number of rotatable bonds is 4. The summed E-state index contributed by atoms with van der Waals surface area (Å²) in [6.45, 7) is 1.76. The fourth-order valence-electron chi connectivity index (χ4n) is 2.44. The maximum absolute atomic E-state index is 14.3. The molecule has 3 aromatic rings. The van der Waals surface area contributed by atoms with Gasteiger partial charge in [0, 0.05) is 25.0 Å². The van der Waals surface area contributed by atoms with Crippen molar-refractivity contribution in [3.05, 3.63) is 83.2 Å². The summed E-state index contributed by atoms with van der Waals surface area (Å²) >= 11 is 0. The first-order valence-corrected chi connectivity index (χ1v) is 7.47. The second-order valence-electron chi connectivity index (χ2n) is 5.44. The zero-order valence-corrected chi connectivity index (χ0v) is 13.3. The minimum Gasteiger partial charge on any atom is -0.348 e. The van der Waals surface area contributed by atoms with Crippen LogP contribution in [0.25, 0.3) is 5.69 Å². The van der Waals surface area contributed by atoms with E-state index in [1.54, 1.807) is 36.0 Å². The second-order valence-corrected chi connectivity index (χ2v) is 5.44. The van der Waals surface area contributed by atoms with Crippen LogP contribution in [-0.2, 0) is 6.54 Å². The Bertz CT molecular complexity index is 937. The van der Waals surface area contributed by atoms with Crippen LogP contribution in [0.15, 0.2) is 48.8 Å². The van der Waals surface area contributed by atoms with Gasteiger partial charge in [-0.15, -0.1) is 0 Å². The van der Waals surface area contributed by atoms with E-state index in [2.05, 4.69) is 10.3 Å². The molecule has 0 aliphatic carbocycles. The molecule has 0 atom stereocenters. The number of hydrogen-bond acceptors (Lipinski definition) is 2. The largest absolute Gasteiger partial charge is 0.348 e. The zero-order chi connectivity index (χ0) is 18.0. The molecular formula is C18H14F3N3O. The molecule has 7 heteroatoms. The molecule has 0 unspecified atom stereocenters. The third-order valence-electron chi connectivity index (χ3n) is 3.73. The van der Waals surface area contributed by atoms with Gasteiger partial charge >= 0.3 is 0 Å². The molecule has 4 nitrogen and oxygen atoms in total. The number of benzene rings is 2. The van der Waals surface area contributed by atoms with Crippen molar-refractivity contribution in [2.24, 2.45) is 0 Å². The van der Waals surface area contributed by atoms with Crippen LogP contribution in [0.4, 0.5) is 13.2 Å². The van der Waals surface area contributed by atoms with Gasteiger partial charge in [0.15, 0.2) is 0 Å². The average Bonchev–Trinajstić information content (AvgIpc) is 2.98. The highest BCUT2D eigenvalue weighted by Crippen LogP contribution is 2.17. The first kappa shape index (κ1) is 16.8. The molecule has 0 saturated heterocycles. The summed E-state index contributed by atoms with van der Waals surface area (Å²) in [6.07, 6.45) is 3.21. The lowest BCUT2D eigenvalue weighted by molar-refractivity contribution is 0.0946. The van der Waals surface area contributed by atoms with Gasteiger partial charge in [-0.25, -0.2) is 18.2 Å². The molecule has 1 heterocycles. The van der Waals surface area contributed by atoms with Crippen LogP contribution in [0.3, 0.4) is 0 Å². The second kappa shape index (κ2) is 6.80. The van der Waals surface area contributed by atoms with Crippen molar-refractivity contribution in [2.75, 3.05) is 0 Å². The van der Waals surface area contributed by atoms with Gasteiger partial charge in [-0.3, -0.25) is 4.79 Å². The van der Waals surface area contributed by atoms with Crippen molar-refractivity contribution in [2.45, 2.75) is 13.5 Å². The predicted molar refractivity (Wildman–Crippen MR) is 85.8 cm³/mol. The lowest BCUT2D eigenvalue weighted by atomic mass is 10.1. The third kappa shape index (κ3) is 3.55. The van der Waals surface area contributed by atoms with Crippen LogP contribution in [0.1, 0.15) is 21.7 Å². The van der Waals surface area contributed by atoms with Crippen LogP contribution < -0.4 is 5.32 Å². The predicted octanol–water partition coefficient (Wildman–Crippen LogP) is 3.53. The van der Waals surface area contributed by atoms with Crippen LogP contribution >= 0.6 is 0 Å². The van der Waals surface area contributed by atoms with Crippen molar-refractivity contribution in [1.29, 1.82) is 0 Å². The standard InChI is InChI=1S/C18H14F3N3O/c1-11-22-6-7-24(11)17-5-2-12(8-16(17)21)10-23-18(25)14-4-3-13(19)9-15(14)20/h2-9H,10H2,1H3,(H,23,25). The number of nitrogens with zero attached hydrogens (tertiary/aromatic N) is 2. The highest BCUT2D eigenvalue weighted by atomic mass is 19.1. The molecule has 128 valence electrons. The van der Waals surface area contributed by atoms with E-state index in [9.17, 15) is 18.0 Å². The fourth-order valence-corrected chi connectivity index (χ4v) is 2.44. The Balaban J connectivity index is 1.72. The van der Waals surface area contributed by atoms with E-state index in [1.807, 2.05) is 0 Å². The molecule has 1 amide bonds. The number of carbonyl (C=O) groups excluding carboxylic acids is 1. The molecule has 0 radical (unpaired) electrons. The van der Waals surface area contributed by atoms with E-state index in [0.717, 1.165) is 12.1 Å². The van der Waals surface area contributed by atoms with Gasteiger partial charge in [-0.1, -0.05) is 6.07 Å². The summed E-state index contributed by atoms with van der Waals surface area (Å²) in [4.78, 5) is 16.0. The van der Waals surface area contributed by atoms with Crippen LogP contribution in [0.5, 0.6) is 0 Å². The number of halogens is 3. The summed E-state index contributed by atoms with van der Waals surface area (Å²) in [7, 11) is 0. The van der Waals surface area contributed by atoms with Crippen molar-refractivity contribution in [3.63, 3.8) is 0 Å².